The molecule has 2 aromatic rings. The third-order valence-corrected chi connectivity index (χ3v) is 5.02. The summed E-state index contributed by atoms with van der Waals surface area (Å²) in [5.74, 6) is 0. The van der Waals surface area contributed by atoms with Gasteiger partial charge in [0.2, 0.25) is 0 Å². The van der Waals surface area contributed by atoms with Crippen LogP contribution in [0.25, 0.3) is 11.1 Å². The molecule has 0 bridgehead atoms. The van der Waals surface area contributed by atoms with E-state index in [0.29, 0.717) is 26.3 Å². The first-order valence-corrected chi connectivity index (χ1v) is 10.4. The van der Waals surface area contributed by atoms with Gasteiger partial charge in [0, 0.05) is 18.8 Å². The summed E-state index contributed by atoms with van der Waals surface area (Å²) in [4.78, 5) is 7.47. The Morgan fingerprint density at radius 1 is 1.00 bits per heavy atom. The normalized spacial score (nSPS) is 13.3. The fourth-order valence-electron chi connectivity index (χ4n) is 3.44. The maximum Gasteiger partial charge on any atom is 0.285 e. The van der Waals surface area contributed by atoms with Crippen LogP contribution in [0.1, 0.15) is 44.2 Å². The van der Waals surface area contributed by atoms with E-state index in [1.54, 1.807) is 0 Å². The first-order chi connectivity index (χ1) is 14.2. The average molecular weight is 394 g/mol. The Bertz CT molecular complexity index is 800. The smallest absolute Gasteiger partial charge is 0.285 e. The van der Waals surface area contributed by atoms with E-state index in [0.717, 1.165) is 25.0 Å². The highest BCUT2D eigenvalue weighted by Gasteiger charge is 2.21. The van der Waals surface area contributed by atoms with Crippen molar-refractivity contribution in [1.82, 2.24) is 10.4 Å². The first kappa shape index (κ1) is 20.9. The quantitative estimate of drug-likeness (QED) is 0.279. The molecule has 0 saturated heterocycles. The average Bonchev–Trinajstić information content (AvgIpc) is 2.92. The number of allylic oxidation sites excluding steroid dienone is 2. The zero-order valence-corrected chi connectivity index (χ0v) is 17.4. The Balaban J connectivity index is 1.55. The molecule has 0 spiro atoms. The molecule has 2 N–H and O–H groups in total. The van der Waals surface area contributed by atoms with Crippen LogP contribution in [0.5, 0.6) is 0 Å². The molecule has 0 fully saturated rings. The Kier molecular flexibility index (Phi) is 7.70. The Labute approximate surface area is 173 Å². The third-order valence-electron chi connectivity index (χ3n) is 5.02. The van der Waals surface area contributed by atoms with Gasteiger partial charge in [0.15, 0.2) is 0 Å². The van der Waals surface area contributed by atoms with Gasteiger partial charge in [-0.15, -0.1) is 0 Å². The minimum Gasteiger partial charge on any atom is -0.463 e. The van der Waals surface area contributed by atoms with Crippen molar-refractivity contribution in [3.8, 4) is 11.1 Å². The van der Waals surface area contributed by atoms with Crippen molar-refractivity contribution in [1.29, 1.82) is 5.41 Å². The Morgan fingerprint density at radius 2 is 1.62 bits per heavy atom. The number of amidine groups is 1. The van der Waals surface area contributed by atoms with Gasteiger partial charge in [-0.05, 0) is 35.1 Å². The zero-order chi connectivity index (χ0) is 20.5. The summed E-state index contributed by atoms with van der Waals surface area (Å²) >= 11 is 0. The number of ether oxygens (including phenoxy) is 1. The molecule has 0 aromatic heterocycles. The number of rotatable bonds is 8. The lowest BCUT2D eigenvalue weighted by molar-refractivity contribution is 0.0317. The summed E-state index contributed by atoms with van der Waals surface area (Å²) in [7, 11) is 0. The molecular weight excluding hydrogens is 362 g/mol. The lowest BCUT2D eigenvalue weighted by Crippen LogP contribution is -2.32. The Hall–Kier alpha value is -2.79. The Morgan fingerprint density at radius 3 is 2.21 bits per heavy atom. The van der Waals surface area contributed by atoms with Crippen LogP contribution in [0.2, 0.25) is 0 Å². The molecule has 0 aliphatic carbocycles. The molecule has 29 heavy (non-hydrogen) atoms. The van der Waals surface area contributed by atoms with Crippen molar-refractivity contribution in [2.75, 3.05) is 13.2 Å². The van der Waals surface area contributed by atoms with Gasteiger partial charge in [-0.25, -0.2) is 0 Å². The predicted octanol–water partition coefficient (Wildman–Crippen LogP) is 5.24. The molecule has 3 rings (SSSR count). The molecule has 2 aromatic carbocycles. The number of hydrogen-bond donors (Lipinski definition) is 2. The van der Waals surface area contributed by atoms with E-state index in [9.17, 15) is 0 Å². The molecule has 0 radical (unpaired) electrons. The van der Waals surface area contributed by atoms with Gasteiger partial charge in [-0.2, -0.15) is 0 Å². The van der Waals surface area contributed by atoms with E-state index in [4.69, 9.17) is 15.0 Å². The zero-order valence-electron chi connectivity index (χ0n) is 17.4. The lowest BCUT2D eigenvalue weighted by Gasteiger charge is -2.23. The van der Waals surface area contributed by atoms with Gasteiger partial charge in [0.1, 0.15) is 13.2 Å². The standard InChI is InChI=1S/C24H31N3O2/c1-3-5-12-21(4-2)26-29-16-15-28-24(25)27-17-19-10-6-8-13-22(19)23-14-9-7-11-20(23)18-27/h6-14,25-26H,3-5,15-18H2,1-2H3. The first-order valence-electron chi connectivity index (χ1n) is 10.4. The van der Waals surface area contributed by atoms with Gasteiger partial charge in [0.05, 0.1) is 0 Å². The molecule has 154 valence electrons. The number of nitrogens with zero attached hydrogens (tertiary/aromatic N) is 1. The number of benzene rings is 2. The van der Waals surface area contributed by atoms with E-state index in [1.165, 1.54) is 22.3 Å². The van der Waals surface area contributed by atoms with Crippen LogP contribution in [-0.2, 0) is 22.7 Å². The minimum absolute atomic E-state index is 0.178. The second-order valence-electron chi connectivity index (χ2n) is 7.15. The largest absolute Gasteiger partial charge is 0.463 e. The second kappa shape index (κ2) is 10.7. The molecule has 5 nitrogen and oxygen atoms in total. The molecule has 0 unspecified atom stereocenters. The molecule has 1 aliphatic rings. The summed E-state index contributed by atoms with van der Waals surface area (Å²) in [6, 6.07) is 17.0. The van der Waals surface area contributed by atoms with Crippen LogP contribution in [0.3, 0.4) is 0 Å². The third kappa shape index (κ3) is 5.61. The fraction of sp³-hybridized carbons (Fsp3) is 0.375. The van der Waals surface area contributed by atoms with Crippen molar-refractivity contribution in [3.05, 3.63) is 71.4 Å². The molecule has 5 heteroatoms. The van der Waals surface area contributed by atoms with Gasteiger partial charge < -0.3 is 9.64 Å². The number of hydroxylamine groups is 1. The van der Waals surface area contributed by atoms with Crippen LogP contribution >= 0.6 is 0 Å². The number of hydrogen-bond acceptors (Lipinski definition) is 4. The maximum absolute atomic E-state index is 8.43. The van der Waals surface area contributed by atoms with Gasteiger partial charge in [0.25, 0.3) is 6.02 Å². The van der Waals surface area contributed by atoms with Gasteiger partial charge >= 0.3 is 0 Å². The molecular formula is C24H31N3O2. The summed E-state index contributed by atoms with van der Waals surface area (Å²) in [5.41, 5.74) is 8.95. The van der Waals surface area contributed by atoms with Gasteiger partial charge in [-0.1, -0.05) is 74.9 Å². The van der Waals surface area contributed by atoms with Crippen molar-refractivity contribution < 1.29 is 9.57 Å². The van der Waals surface area contributed by atoms with Crippen molar-refractivity contribution >= 4 is 6.02 Å². The van der Waals surface area contributed by atoms with E-state index in [-0.39, 0.29) is 6.02 Å². The van der Waals surface area contributed by atoms with Crippen molar-refractivity contribution in [2.24, 2.45) is 0 Å². The van der Waals surface area contributed by atoms with Crippen molar-refractivity contribution in [3.63, 3.8) is 0 Å². The highest BCUT2D eigenvalue weighted by Crippen LogP contribution is 2.32. The van der Waals surface area contributed by atoms with Crippen LogP contribution in [0.15, 0.2) is 60.3 Å². The molecule has 0 atom stereocenters. The monoisotopic (exact) mass is 393 g/mol. The minimum atomic E-state index is 0.178. The maximum atomic E-state index is 8.43. The number of nitrogens with one attached hydrogen (secondary N) is 2. The van der Waals surface area contributed by atoms with E-state index in [1.807, 2.05) is 17.0 Å². The molecule has 1 aliphatic heterocycles. The van der Waals surface area contributed by atoms with Crippen molar-refractivity contribution in [2.45, 2.75) is 46.2 Å². The van der Waals surface area contributed by atoms with Gasteiger partial charge in [-0.3, -0.25) is 15.7 Å². The van der Waals surface area contributed by atoms with Crippen LogP contribution in [0.4, 0.5) is 0 Å². The lowest BCUT2D eigenvalue weighted by atomic mass is 9.97. The van der Waals surface area contributed by atoms with Crippen LogP contribution in [0, 0.1) is 5.41 Å². The van der Waals surface area contributed by atoms with E-state index < -0.39 is 0 Å². The summed E-state index contributed by atoms with van der Waals surface area (Å²) in [5, 5.41) is 8.43. The van der Waals surface area contributed by atoms with E-state index in [2.05, 4.69) is 61.8 Å². The SMILES string of the molecule is CCCC=C(CC)NOCCOC(=N)N1Cc2ccccc2-c2ccccc2C1. The van der Waals surface area contributed by atoms with Crippen LogP contribution < -0.4 is 5.48 Å². The highest BCUT2D eigenvalue weighted by molar-refractivity contribution is 5.76. The number of fused-ring (bicyclic) bond motifs is 3. The summed E-state index contributed by atoms with van der Waals surface area (Å²) in [6.07, 6.45) is 5.23. The molecule has 1 heterocycles. The number of unbranched alkanes of at least 4 members (excludes halogenated alkanes) is 1. The second-order valence-corrected chi connectivity index (χ2v) is 7.15. The summed E-state index contributed by atoms with van der Waals surface area (Å²) in [6.45, 7) is 6.27. The molecule has 0 amide bonds. The van der Waals surface area contributed by atoms with E-state index >= 15 is 0 Å². The van der Waals surface area contributed by atoms with Crippen LogP contribution in [-0.4, -0.2) is 24.1 Å². The predicted molar refractivity (Wildman–Crippen MR) is 117 cm³/mol. The topological polar surface area (TPSA) is 57.6 Å². The fourth-order valence-corrected chi connectivity index (χ4v) is 3.44. The highest BCUT2D eigenvalue weighted by atomic mass is 16.7. The molecule has 0 saturated carbocycles. The summed E-state index contributed by atoms with van der Waals surface area (Å²) < 4.78 is 5.69.